The van der Waals surface area contributed by atoms with Crippen molar-refractivity contribution in [2.24, 2.45) is 5.10 Å². The van der Waals surface area contributed by atoms with E-state index >= 15 is 0 Å². The number of nitrogens with one attached hydrogen (secondary N) is 1. The molecule has 0 saturated heterocycles. The molecule has 2 aromatic rings. The van der Waals surface area contributed by atoms with Crippen LogP contribution < -0.4 is 5.43 Å². The monoisotopic (exact) mass is 264 g/mol. The average molecular weight is 265 g/mol. The molecule has 1 aromatic carbocycles. The summed E-state index contributed by atoms with van der Waals surface area (Å²) in [4.78, 5) is 7.85. The summed E-state index contributed by atoms with van der Waals surface area (Å²) in [6.45, 7) is 1.80. The number of nitrogens with zero attached hydrogens (tertiary/aromatic N) is 3. The zero-order chi connectivity index (χ0) is 13.0. The molecule has 4 nitrogen and oxygen atoms in total. The highest BCUT2D eigenvalue weighted by Gasteiger charge is 2.01. The maximum Gasteiger partial charge on any atom is 0.184 e. The number of hydrogen-bond acceptors (Lipinski definition) is 4. The van der Waals surface area contributed by atoms with Crippen LogP contribution in [0, 0.1) is 5.82 Å². The van der Waals surface area contributed by atoms with Gasteiger partial charge in [-0.1, -0.05) is 23.7 Å². The zero-order valence-electron chi connectivity index (χ0n) is 9.56. The first-order valence-electron chi connectivity index (χ1n) is 5.19. The van der Waals surface area contributed by atoms with Gasteiger partial charge in [-0.3, -0.25) is 5.43 Å². The van der Waals surface area contributed by atoms with E-state index in [1.807, 2.05) is 0 Å². The van der Waals surface area contributed by atoms with Crippen LogP contribution in [-0.2, 0) is 0 Å². The topological polar surface area (TPSA) is 50.2 Å². The molecule has 1 heterocycles. The van der Waals surface area contributed by atoms with E-state index in [-0.39, 0.29) is 11.0 Å². The summed E-state index contributed by atoms with van der Waals surface area (Å²) in [5, 5.41) is 4.36. The summed E-state index contributed by atoms with van der Waals surface area (Å²) in [6, 6.07) is 6.05. The van der Waals surface area contributed by atoms with Gasteiger partial charge in [0, 0.05) is 12.4 Å². The molecule has 6 heteroatoms. The maximum atomic E-state index is 12.8. The van der Waals surface area contributed by atoms with E-state index in [0.29, 0.717) is 11.5 Å². The fourth-order valence-electron chi connectivity index (χ4n) is 1.29. The summed E-state index contributed by atoms with van der Waals surface area (Å²) < 4.78 is 12.8. The fraction of sp³-hybridized carbons (Fsp3) is 0.0833. The van der Waals surface area contributed by atoms with Crippen LogP contribution in [0.15, 0.2) is 41.8 Å². The van der Waals surface area contributed by atoms with Crippen molar-refractivity contribution in [3.05, 3.63) is 53.2 Å². The third-order valence-corrected chi connectivity index (χ3v) is 2.52. The van der Waals surface area contributed by atoms with E-state index in [1.165, 1.54) is 24.5 Å². The summed E-state index contributed by atoms with van der Waals surface area (Å²) in [5.41, 5.74) is 4.22. The number of rotatable bonds is 3. The van der Waals surface area contributed by atoms with E-state index in [2.05, 4.69) is 20.5 Å². The Bertz CT molecular complexity index is 569. The van der Waals surface area contributed by atoms with Crippen molar-refractivity contribution >= 4 is 23.1 Å². The highest BCUT2D eigenvalue weighted by atomic mass is 35.5. The Morgan fingerprint density at radius 2 is 1.89 bits per heavy atom. The molecule has 0 radical (unpaired) electrons. The van der Waals surface area contributed by atoms with Crippen molar-refractivity contribution in [3.8, 4) is 0 Å². The molecule has 0 atom stereocenters. The van der Waals surface area contributed by atoms with Crippen molar-refractivity contribution in [3.63, 3.8) is 0 Å². The van der Waals surface area contributed by atoms with E-state index in [4.69, 9.17) is 11.6 Å². The van der Waals surface area contributed by atoms with Crippen LogP contribution in [0.4, 0.5) is 10.2 Å². The molecule has 0 aliphatic heterocycles. The van der Waals surface area contributed by atoms with Crippen molar-refractivity contribution in [1.29, 1.82) is 0 Å². The van der Waals surface area contributed by atoms with Gasteiger partial charge >= 0.3 is 0 Å². The highest BCUT2D eigenvalue weighted by molar-refractivity contribution is 6.31. The SMILES string of the molecule is CC(=NNc1nccnc1Cl)c1ccc(F)cc1. The number of hydrogen-bond donors (Lipinski definition) is 1. The van der Waals surface area contributed by atoms with Crippen LogP contribution in [0.5, 0.6) is 0 Å². The van der Waals surface area contributed by atoms with Gasteiger partial charge < -0.3 is 0 Å². The maximum absolute atomic E-state index is 12.8. The molecule has 1 N–H and O–H groups in total. The second-order valence-corrected chi connectivity index (χ2v) is 3.87. The summed E-state index contributed by atoms with van der Waals surface area (Å²) in [5.74, 6) is 0.0945. The standard InChI is InChI=1S/C12H10ClFN4/c1-8(9-2-4-10(14)5-3-9)17-18-12-11(13)15-6-7-16-12/h2-7H,1H3,(H,16,18). The predicted octanol–water partition coefficient (Wildman–Crippen LogP) is 3.11. The van der Waals surface area contributed by atoms with E-state index in [1.54, 1.807) is 19.1 Å². The van der Waals surface area contributed by atoms with Gasteiger partial charge in [-0.25, -0.2) is 14.4 Å². The van der Waals surface area contributed by atoms with Gasteiger partial charge in [0.2, 0.25) is 0 Å². The Kier molecular flexibility index (Phi) is 3.84. The fourth-order valence-corrected chi connectivity index (χ4v) is 1.44. The Balaban J connectivity index is 2.14. The number of anilines is 1. The molecular formula is C12H10ClFN4. The van der Waals surface area contributed by atoms with Gasteiger partial charge in [0.25, 0.3) is 0 Å². The molecule has 2 rings (SSSR count). The largest absolute Gasteiger partial charge is 0.259 e. The van der Waals surface area contributed by atoms with Gasteiger partial charge in [-0.2, -0.15) is 5.10 Å². The first-order valence-corrected chi connectivity index (χ1v) is 5.57. The Labute approximate surface area is 109 Å². The molecule has 0 saturated carbocycles. The number of hydrazone groups is 1. The molecule has 0 fully saturated rings. The van der Waals surface area contributed by atoms with E-state index in [9.17, 15) is 4.39 Å². The average Bonchev–Trinajstić information content (AvgIpc) is 2.38. The van der Waals surface area contributed by atoms with Gasteiger partial charge in [-0.15, -0.1) is 0 Å². The minimum atomic E-state index is -0.281. The second-order valence-electron chi connectivity index (χ2n) is 3.51. The summed E-state index contributed by atoms with van der Waals surface area (Å²) in [6.07, 6.45) is 3.00. The lowest BCUT2D eigenvalue weighted by Crippen LogP contribution is -2.01. The van der Waals surface area contributed by atoms with Crippen LogP contribution in [-0.4, -0.2) is 15.7 Å². The van der Waals surface area contributed by atoms with Crippen molar-refractivity contribution < 1.29 is 4.39 Å². The van der Waals surface area contributed by atoms with E-state index in [0.717, 1.165) is 5.56 Å². The van der Waals surface area contributed by atoms with Crippen LogP contribution >= 0.6 is 11.6 Å². The molecule has 0 unspecified atom stereocenters. The minimum absolute atomic E-state index is 0.244. The minimum Gasteiger partial charge on any atom is -0.259 e. The normalized spacial score (nSPS) is 11.4. The van der Waals surface area contributed by atoms with Crippen LogP contribution in [0.2, 0.25) is 5.15 Å². The summed E-state index contributed by atoms with van der Waals surface area (Å²) in [7, 11) is 0. The lowest BCUT2D eigenvalue weighted by atomic mass is 10.1. The van der Waals surface area contributed by atoms with Crippen molar-refractivity contribution in [2.45, 2.75) is 6.92 Å². The molecule has 0 aliphatic rings. The van der Waals surface area contributed by atoms with Gasteiger partial charge in [0.1, 0.15) is 5.82 Å². The third-order valence-electron chi connectivity index (χ3n) is 2.25. The van der Waals surface area contributed by atoms with Crippen molar-refractivity contribution in [2.75, 3.05) is 5.43 Å². The number of aromatic nitrogens is 2. The third kappa shape index (κ3) is 3.01. The predicted molar refractivity (Wildman–Crippen MR) is 69.3 cm³/mol. The second kappa shape index (κ2) is 5.55. The van der Waals surface area contributed by atoms with E-state index < -0.39 is 0 Å². The zero-order valence-corrected chi connectivity index (χ0v) is 10.3. The lowest BCUT2D eigenvalue weighted by Gasteiger charge is -2.03. The Hall–Kier alpha value is -2.01. The Morgan fingerprint density at radius 1 is 1.22 bits per heavy atom. The van der Waals surface area contributed by atoms with Crippen LogP contribution in [0.25, 0.3) is 0 Å². The molecule has 0 spiro atoms. The Morgan fingerprint density at radius 3 is 2.56 bits per heavy atom. The number of benzene rings is 1. The molecule has 0 amide bonds. The first-order chi connectivity index (χ1) is 8.66. The van der Waals surface area contributed by atoms with Gasteiger partial charge in [-0.05, 0) is 24.6 Å². The van der Waals surface area contributed by atoms with Crippen molar-refractivity contribution in [1.82, 2.24) is 9.97 Å². The number of halogens is 2. The molecule has 0 aliphatic carbocycles. The quantitative estimate of drug-likeness (QED) is 0.685. The molecule has 18 heavy (non-hydrogen) atoms. The van der Waals surface area contributed by atoms with Gasteiger partial charge in [0.05, 0.1) is 5.71 Å². The first kappa shape index (κ1) is 12.4. The van der Waals surface area contributed by atoms with Crippen LogP contribution in [0.3, 0.4) is 0 Å². The lowest BCUT2D eigenvalue weighted by molar-refractivity contribution is 0.628. The van der Waals surface area contributed by atoms with Crippen LogP contribution in [0.1, 0.15) is 12.5 Å². The molecular weight excluding hydrogens is 255 g/mol. The summed E-state index contributed by atoms with van der Waals surface area (Å²) >= 11 is 5.82. The molecule has 92 valence electrons. The highest BCUT2D eigenvalue weighted by Crippen LogP contribution is 2.14. The molecule has 0 bridgehead atoms. The van der Waals surface area contributed by atoms with Gasteiger partial charge in [0.15, 0.2) is 11.0 Å². The molecule has 1 aromatic heterocycles. The smallest absolute Gasteiger partial charge is 0.184 e.